The van der Waals surface area contributed by atoms with Crippen LogP contribution in [0.5, 0.6) is 5.75 Å². The fraction of sp³-hybridized carbons (Fsp3) is 0.375. The summed E-state index contributed by atoms with van der Waals surface area (Å²) in [5, 5.41) is -0.209. The average Bonchev–Trinajstić information content (AvgIpc) is 3.08. The van der Waals surface area contributed by atoms with E-state index in [0.29, 0.717) is 17.1 Å². The molecule has 2 aromatic rings. The number of hydrogen-bond acceptors (Lipinski definition) is 5. The highest BCUT2D eigenvalue weighted by Crippen LogP contribution is 2.46. The predicted octanol–water partition coefficient (Wildman–Crippen LogP) is 4.44. The predicted molar refractivity (Wildman–Crippen MR) is 122 cm³/mol. The summed E-state index contributed by atoms with van der Waals surface area (Å²) < 4.78 is 20.9. The molecule has 0 radical (unpaired) electrons. The van der Waals surface area contributed by atoms with Crippen molar-refractivity contribution < 1.29 is 18.7 Å². The number of aromatic nitrogens is 1. The van der Waals surface area contributed by atoms with E-state index in [1.165, 1.54) is 6.07 Å². The Hall–Kier alpha value is -2.87. The molecule has 2 aliphatic heterocycles. The number of fused-ring (bicyclic) bond motifs is 1. The largest absolute Gasteiger partial charge is 0.481 e. The number of thioether (sulfide) groups is 1. The number of hydrogen-bond donors (Lipinski definition) is 0. The van der Waals surface area contributed by atoms with Crippen LogP contribution < -0.4 is 14.5 Å². The van der Waals surface area contributed by atoms with Crippen LogP contribution >= 0.6 is 11.8 Å². The molecular formula is C24H24FN3O3S. The van der Waals surface area contributed by atoms with Crippen LogP contribution in [-0.2, 0) is 16.1 Å². The Morgan fingerprint density at radius 3 is 2.81 bits per heavy atom. The van der Waals surface area contributed by atoms with Crippen LogP contribution in [0.3, 0.4) is 0 Å². The van der Waals surface area contributed by atoms with Crippen LogP contribution in [0.4, 0.5) is 15.8 Å². The number of pyridine rings is 1. The Labute approximate surface area is 190 Å². The molecule has 1 aromatic heterocycles. The second-order valence-corrected chi connectivity index (χ2v) is 9.41. The van der Waals surface area contributed by atoms with E-state index in [1.54, 1.807) is 33.8 Å². The molecule has 0 fully saturated rings. The van der Waals surface area contributed by atoms with E-state index < -0.39 is 5.82 Å². The molecule has 2 amide bonds. The molecule has 1 atom stereocenters. The second kappa shape index (κ2) is 8.58. The van der Waals surface area contributed by atoms with Crippen molar-refractivity contribution in [3.8, 4) is 5.75 Å². The highest BCUT2D eigenvalue weighted by molar-refractivity contribution is 8.00. The van der Waals surface area contributed by atoms with Crippen molar-refractivity contribution in [2.45, 2.75) is 44.5 Å². The number of anilines is 2. The Balaban J connectivity index is 1.56. The number of ether oxygens (including phenoxy) is 1. The van der Waals surface area contributed by atoms with Gasteiger partial charge in [0, 0.05) is 17.8 Å². The lowest BCUT2D eigenvalue weighted by atomic mass is 9.94. The summed E-state index contributed by atoms with van der Waals surface area (Å²) in [6.45, 7) is 2.13. The third kappa shape index (κ3) is 3.56. The molecule has 0 saturated heterocycles. The van der Waals surface area contributed by atoms with Crippen molar-refractivity contribution in [1.82, 2.24) is 4.98 Å². The maximum atomic E-state index is 15.3. The summed E-state index contributed by atoms with van der Waals surface area (Å²) in [6.07, 6.45) is 5.31. The van der Waals surface area contributed by atoms with E-state index in [0.717, 1.165) is 42.6 Å². The van der Waals surface area contributed by atoms with Gasteiger partial charge in [0.15, 0.2) is 12.4 Å². The molecular weight excluding hydrogens is 429 g/mol. The van der Waals surface area contributed by atoms with Crippen molar-refractivity contribution >= 4 is 35.0 Å². The Kier molecular flexibility index (Phi) is 5.63. The number of nitrogens with zero attached hydrogens (tertiary/aromatic N) is 3. The van der Waals surface area contributed by atoms with Gasteiger partial charge in [-0.2, -0.15) is 0 Å². The topological polar surface area (TPSA) is 62.7 Å². The maximum Gasteiger partial charge on any atom is 0.265 e. The number of carbonyl (C=O) groups excluding carboxylic acids is 2. The smallest absolute Gasteiger partial charge is 0.265 e. The zero-order valence-electron chi connectivity index (χ0n) is 17.8. The first-order chi connectivity index (χ1) is 15.6. The van der Waals surface area contributed by atoms with Gasteiger partial charge in [-0.15, -0.1) is 11.8 Å². The first-order valence-electron chi connectivity index (χ1n) is 10.9. The molecule has 1 aliphatic carbocycles. The quantitative estimate of drug-likeness (QED) is 0.670. The highest BCUT2D eigenvalue weighted by Gasteiger charge is 2.42. The number of carbonyl (C=O) groups is 2. The molecule has 8 heteroatoms. The minimum absolute atomic E-state index is 0.121. The molecule has 1 unspecified atom stereocenters. The van der Waals surface area contributed by atoms with Crippen LogP contribution in [0, 0.1) is 5.82 Å². The summed E-state index contributed by atoms with van der Waals surface area (Å²) in [5.41, 5.74) is 3.33. The van der Waals surface area contributed by atoms with E-state index in [2.05, 4.69) is 4.98 Å². The number of halogens is 1. The van der Waals surface area contributed by atoms with Crippen LogP contribution in [0.15, 0.2) is 47.7 Å². The van der Waals surface area contributed by atoms with E-state index in [9.17, 15) is 9.59 Å². The molecule has 32 heavy (non-hydrogen) atoms. The van der Waals surface area contributed by atoms with Crippen LogP contribution in [0.2, 0.25) is 0 Å². The van der Waals surface area contributed by atoms with Gasteiger partial charge in [-0.3, -0.25) is 24.4 Å². The lowest BCUT2D eigenvalue weighted by Gasteiger charge is -2.32. The van der Waals surface area contributed by atoms with Gasteiger partial charge in [-0.05, 0) is 55.2 Å². The molecule has 0 spiro atoms. The average molecular weight is 454 g/mol. The van der Waals surface area contributed by atoms with Gasteiger partial charge >= 0.3 is 0 Å². The van der Waals surface area contributed by atoms with Crippen molar-refractivity contribution in [3.63, 3.8) is 0 Å². The van der Waals surface area contributed by atoms with Crippen LogP contribution in [-0.4, -0.2) is 34.5 Å². The SMILES string of the molecule is CCSC1C2=C(CCCC2)C(=O)N1c1cc2c(cc1F)OCC(=O)N2Cc1ccccn1. The van der Waals surface area contributed by atoms with Gasteiger partial charge in [0.2, 0.25) is 0 Å². The lowest BCUT2D eigenvalue weighted by molar-refractivity contribution is -0.121. The summed E-state index contributed by atoms with van der Waals surface area (Å²) in [7, 11) is 0. The molecule has 0 saturated carbocycles. The van der Waals surface area contributed by atoms with Crippen molar-refractivity contribution in [2.24, 2.45) is 0 Å². The van der Waals surface area contributed by atoms with Crippen LogP contribution in [0.1, 0.15) is 38.3 Å². The van der Waals surface area contributed by atoms with Gasteiger partial charge in [0.05, 0.1) is 23.6 Å². The summed E-state index contributed by atoms with van der Waals surface area (Å²) in [5.74, 6) is 0.233. The third-order valence-electron chi connectivity index (χ3n) is 6.12. The fourth-order valence-corrected chi connectivity index (χ4v) is 5.78. The molecule has 1 aromatic carbocycles. The Morgan fingerprint density at radius 2 is 2.03 bits per heavy atom. The number of rotatable bonds is 5. The monoisotopic (exact) mass is 453 g/mol. The van der Waals surface area contributed by atoms with Gasteiger partial charge in [-0.1, -0.05) is 13.0 Å². The molecule has 5 rings (SSSR count). The number of amides is 2. The van der Waals surface area contributed by atoms with E-state index in [1.807, 2.05) is 25.1 Å². The zero-order valence-corrected chi connectivity index (χ0v) is 18.7. The van der Waals surface area contributed by atoms with Gasteiger partial charge in [-0.25, -0.2) is 4.39 Å². The van der Waals surface area contributed by atoms with Crippen molar-refractivity contribution in [2.75, 3.05) is 22.2 Å². The molecule has 3 heterocycles. The highest BCUT2D eigenvalue weighted by atomic mass is 32.2. The van der Waals surface area contributed by atoms with E-state index >= 15 is 4.39 Å². The fourth-order valence-electron chi connectivity index (χ4n) is 4.64. The molecule has 3 aliphatic rings. The third-order valence-corrected chi connectivity index (χ3v) is 7.27. The summed E-state index contributed by atoms with van der Waals surface area (Å²) >= 11 is 1.64. The molecule has 6 nitrogen and oxygen atoms in total. The zero-order chi connectivity index (χ0) is 22.2. The Bertz CT molecular complexity index is 1110. The molecule has 0 bridgehead atoms. The first-order valence-corrected chi connectivity index (χ1v) is 12.0. The minimum Gasteiger partial charge on any atom is -0.481 e. The van der Waals surface area contributed by atoms with Gasteiger partial charge in [0.25, 0.3) is 11.8 Å². The van der Waals surface area contributed by atoms with Gasteiger partial charge < -0.3 is 4.74 Å². The van der Waals surface area contributed by atoms with E-state index in [-0.39, 0.29) is 36.0 Å². The first kappa shape index (κ1) is 21.0. The Morgan fingerprint density at radius 1 is 1.19 bits per heavy atom. The van der Waals surface area contributed by atoms with E-state index in [4.69, 9.17) is 4.74 Å². The lowest BCUT2D eigenvalue weighted by Crippen LogP contribution is -2.39. The van der Waals surface area contributed by atoms with Crippen molar-refractivity contribution in [1.29, 1.82) is 0 Å². The molecule has 0 N–H and O–H groups in total. The van der Waals surface area contributed by atoms with Gasteiger partial charge in [0.1, 0.15) is 11.1 Å². The summed E-state index contributed by atoms with van der Waals surface area (Å²) in [4.78, 5) is 33.5. The minimum atomic E-state index is -0.522. The number of benzene rings is 1. The second-order valence-electron chi connectivity index (χ2n) is 8.05. The molecule has 166 valence electrons. The normalized spacial score (nSPS) is 20.4. The standard InChI is InChI=1S/C24H24FN3O3S/c1-2-32-24-17-9-4-3-8-16(17)23(30)28(24)19-12-20-21(11-18(19)25)31-14-22(29)27(20)13-15-7-5-6-10-26-15/h5-7,10-12,24H,2-4,8-9,13-14H2,1H3. The summed E-state index contributed by atoms with van der Waals surface area (Å²) in [6, 6.07) is 8.38. The maximum absolute atomic E-state index is 15.3. The van der Waals surface area contributed by atoms with Crippen LogP contribution in [0.25, 0.3) is 0 Å². The van der Waals surface area contributed by atoms with Crippen molar-refractivity contribution in [3.05, 3.63) is 59.2 Å².